The fraction of sp³-hybridized carbons (Fsp3) is 1.00. The number of fused-ring (bicyclic) bond motifs is 1. The smallest absolute Gasteiger partial charge is 0.220 e. The van der Waals surface area contributed by atoms with Crippen LogP contribution in [-0.2, 0) is 18.9 Å². The molecule has 16 heavy (non-hydrogen) atoms. The van der Waals surface area contributed by atoms with E-state index in [0.717, 1.165) is 0 Å². The van der Waals surface area contributed by atoms with Crippen molar-refractivity contribution in [3.8, 4) is 0 Å². The molecule has 0 spiro atoms. The topological polar surface area (TPSA) is 36.9 Å². The van der Waals surface area contributed by atoms with Gasteiger partial charge in [-0.15, -0.1) is 0 Å². The van der Waals surface area contributed by atoms with Crippen molar-refractivity contribution in [2.75, 3.05) is 14.2 Å². The first-order chi connectivity index (χ1) is 8.37. The van der Waals surface area contributed by atoms with Gasteiger partial charge in [0, 0.05) is 17.0 Å². The van der Waals surface area contributed by atoms with Gasteiger partial charge in [-0.1, -0.05) is 12.8 Å². The standard InChI is InChI=1S/C12H22O4/c1-11(13-3)12(2,14-4)16-10-8-6-5-7-9(10)15-11/h9-10H,5-8H2,1-4H3/t9?,10?,11-,12-/m1/s1/i5D,7D/t5-,7-,9?,10?,11+,12+/m0. The summed E-state index contributed by atoms with van der Waals surface area (Å²) in [5.74, 6) is -2.07. The zero-order valence-corrected chi connectivity index (χ0v) is 10.4. The molecule has 0 N–H and O–H groups in total. The van der Waals surface area contributed by atoms with Crippen LogP contribution in [0.25, 0.3) is 0 Å². The van der Waals surface area contributed by atoms with Crippen LogP contribution in [0.3, 0.4) is 0 Å². The van der Waals surface area contributed by atoms with E-state index < -0.39 is 30.5 Å². The summed E-state index contributed by atoms with van der Waals surface area (Å²) in [5.41, 5.74) is 0. The molecule has 6 atom stereocenters. The molecule has 2 rings (SSSR count). The predicted molar refractivity (Wildman–Crippen MR) is 59.0 cm³/mol. The lowest BCUT2D eigenvalue weighted by Gasteiger charge is -2.53. The molecule has 1 heterocycles. The van der Waals surface area contributed by atoms with Crippen LogP contribution in [0.2, 0.25) is 0 Å². The van der Waals surface area contributed by atoms with E-state index in [1.165, 1.54) is 7.11 Å². The Morgan fingerprint density at radius 1 is 1.12 bits per heavy atom. The lowest BCUT2D eigenvalue weighted by atomic mass is 9.91. The highest BCUT2D eigenvalue weighted by Crippen LogP contribution is 2.42. The monoisotopic (exact) mass is 232 g/mol. The summed E-state index contributed by atoms with van der Waals surface area (Å²) in [6.45, 7) is 3.52. The van der Waals surface area contributed by atoms with Gasteiger partial charge in [0.25, 0.3) is 0 Å². The molecule has 4 nitrogen and oxygen atoms in total. The van der Waals surface area contributed by atoms with E-state index in [2.05, 4.69) is 0 Å². The number of ether oxygens (including phenoxy) is 4. The Morgan fingerprint density at radius 3 is 2.25 bits per heavy atom. The molecule has 1 saturated carbocycles. The van der Waals surface area contributed by atoms with E-state index in [4.69, 9.17) is 21.7 Å². The lowest BCUT2D eigenvalue weighted by Crippen LogP contribution is -2.65. The van der Waals surface area contributed by atoms with Crippen LogP contribution in [0.5, 0.6) is 0 Å². The Balaban J connectivity index is 2.25. The van der Waals surface area contributed by atoms with Crippen molar-refractivity contribution in [3.05, 3.63) is 0 Å². The summed E-state index contributed by atoms with van der Waals surface area (Å²) in [5, 5.41) is 0. The van der Waals surface area contributed by atoms with Crippen molar-refractivity contribution in [2.24, 2.45) is 0 Å². The number of methoxy groups -OCH3 is 2. The summed E-state index contributed by atoms with van der Waals surface area (Å²) in [7, 11) is 3.08. The Kier molecular flexibility index (Phi) is 2.61. The van der Waals surface area contributed by atoms with Crippen LogP contribution < -0.4 is 0 Å². The summed E-state index contributed by atoms with van der Waals surface area (Å²) in [6.07, 6.45) is -0.311. The average Bonchev–Trinajstić information content (AvgIpc) is 2.37. The highest BCUT2D eigenvalue weighted by atomic mass is 16.8. The molecule has 0 aromatic heterocycles. The second kappa shape index (κ2) is 4.26. The largest absolute Gasteiger partial charge is 0.349 e. The maximum absolute atomic E-state index is 8.05. The van der Waals surface area contributed by atoms with Crippen molar-refractivity contribution >= 4 is 0 Å². The molecule has 0 aromatic carbocycles. The minimum absolute atomic E-state index is 0.206. The van der Waals surface area contributed by atoms with E-state index in [1.54, 1.807) is 21.0 Å². The quantitative estimate of drug-likeness (QED) is 0.730. The maximum atomic E-state index is 8.05. The first kappa shape index (κ1) is 9.83. The summed E-state index contributed by atoms with van der Waals surface area (Å²) in [4.78, 5) is 0. The van der Waals surface area contributed by atoms with Gasteiger partial charge in [0.05, 0.1) is 12.2 Å². The van der Waals surface area contributed by atoms with E-state index in [1.807, 2.05) is 0 Å². The second-order valence-electron chi connectivity index (χ2n) is 4.54. The van der Waals surface area contributed by atoms with E-state index in [9.17, 15) is 0 Å². The molecule has 2 aliphatic rings. The van der Waals surface area contributed by atoms with Gasteiger partial charge < -0.3 is 18.9 Å². The SMILES string of the molecule is [2H][C@@H]1C2O[C@@](C)(OC)[C@](C)(OC)OC2CC[C@@H]1[2H]. The van der Waals surface area contributed by atoms with Crippen LogP contribution >= 0.6 is 0 Å². The molecule has 0 radical (unpaired) electrons. The summed E-state index contributed by atoms with van der Waals surface area (Å²) >= 11 is 0. The first-order valence-corrected chi connectivity index (χ1v) is 5.67. The van der Waals surface area contributed by atoms with Crippen LogP contribution in [0, 0.1) is 0 Å². The van der Waals surface area contributed by atoms with Crippen LogP contribution in [0.1, 0.15) is 42.2 Å². The summed E-state index contributed by atoms with van der Waals surface area (Å²) in [6, 6.07) is 0. The van der Waals surface area contributed by atoms with Crippen molar-refractivity contribution in [2.45, 2.75) is 63.3 Å². The molecule has 2 unspecified atom stereocenters. The minimum Gasteiger partial charge on any atom is -0.349 e. The molecule has 2 fully saturated rings. The van der Waals surface area contributed by atoms with Gasteiger partial charge in [-0.2, -0.15) is 0 Å². The Labute approximate surface area is 100 Å². The van der Waals surface area contributed by atoms with Gasteiger partial charge >= 0.3 is 0 Å². The summed E-state index contributed by atoms with van der Waals surface area (Å²) < 4.78 is 38.6. The molecular formula is C12H22O4. The molecule has 0 aromatic rings. The maximum Gasteiger partial charge on any atom is 0.220 e. The molecule has 1 aliphatic heterocycles. The van der Waals surface area contributed by atoms with Crippen molar-refractivity contribution in [1.29, 1.82) is 0 Å². The van der Waals surface area contributed by atoms with Crippen LogP contribution in [-0.4, -0.2) is 38.0 Å². The second-order valence-corrected chi connectivity index (χ2v) is 4.54. The molecule has 0 amide bonds. The van der Waals surface area contributed by atoms with E-state index in [0.29, 0.717) is 12.8 Å². The molecule has 0 bridgehead atoms. The van der Waals surface area contributed by atoms with Gasteiger partial charge in [0.2, 0.25) is 11.6 Å². The average molecular weight is 232 g/mol. The van der Waals surface area contributed by atoms with Crippen molar-refractivity contribution in [1.82, 2.24) is 0 Å². The zero-order chi connectivity index (χ0) is 13.6. The van der Waals surface area contributed by atoms with E-state index in [-0.39, 0.29) is 6.10 Å². The first-order valence-electron chi connectivity index (χ1n) is 6.83. The fourth-order valence-electron chi connectivity index (χ4n) is 2.25. The molecule has 1 saturated heterocycles. The lowest BCUT2D eigenvalue weighted by molar-refractivity contribution is -0.450. The number of rotatable bonds is 2. The normalized spacial score (nSPS) is 59.8. The van der Waals surface area contributed by atoms with Crippen molar-refractivity contribution in [3.63, 3.8) is 0 Å². The molecule has 1 aliphatic carbocycles. The van der Waals surface area contributed by atoms with Gasteiger partial charge in [-0.3, -0.25) is 0 Å². The van der Waals surface area contributed by atoms with Gasteiger partial charge in [0.1, 0.15) is 0 Å². The fourth-order valence-corrected chi connectivity index (χ4v) is 2.25. The molecule has 94 valence electrons. The third-order valence-electron chi connectivity index (χ3n) is 3.65. The Morgan fingerprint density at radius 2 is 1.69 bits per heavy atom. The third-order valence-corrected chi connectivity index (χ3v) is 3.65. The molecular weight excluding hydrogens is 208 g/mol. The third kappa shape index (κ3) is 1.78. The predicted octanol–water partition coefficient (Wildman–Crippen LogP) is 2.07. The van der Waals surface area contributed by atoms with Crippen LogP contribution in [0.15, 0.2) is 0 Å². The highest BCUT2D eigenvalue weighted by Gasteiger charge is 2.56. The Bertz CT molecular complexity index is 316. The molecule has 4 heteroatoms. The Hall–Kier alpha value is -0.160. The van der Waals surface area contributed by atoms with Gasteiger partial charge in [-0.25, -0.2) is 0 Å². The number of hydrogen-bond acceptors (Lipinski definition) is 4. The van der Waals surface area contributed by atoms with Crippen molar-refractivity contribution < 1.29 is 21.7 Å². The minimum atomic E-state index is -1.07. The van der Waals surface area contributed by atoms with Crippen LogP contribution in [0.4, 0.5) is 0 Å². The highest BCUT2D eigenvalue weighted by molar-refractivity contribution is 4.92. The van der Waals surface area contributed by atoms with E-state index >= 15 is 0 Å². The van der Waals surface area contributed by atoms with Gasteiger partial charge in [-0.05, 0) is 26.7 Å². The van der Waals surface area contributed by atoms with Gasteiger partial charge in [0.15, 0.2) is 0 Å². The number of hydrogen-bond donors (Lipinski definition) is 0. The zero-order valence-electron chi connectivity index (χ0n) is 12.4.